The molecule has 0 bridgehead atoms. The van der Waals surface area contributed by atoms with Gasteiger partial charge in [-0.3, -0.25) is 4.79 Å². The minimum atomic E-state index is -0.385. The molecule has 0 saturated heterocycles. The topological polar surface area (TPSA) is 71.8 Å². The van der Waals surface area contributed by atoms with Crippen molar-refractivity contribution in [2.45, 2.75) is 44.6 Å². The number of rotatable bonds is 2. The Balaban J connectivity index is 2.44. The standard InChI is InChI=1S/C11H17N3O/c1-7(2)8-6-9(15)14-10(13-8)11(12)4-3-5-11/h6-7H,3-5,12H2,1-2H3,(H,13,14,15). The molecule has 0 radical (unpaired) electrons. The highest BCUT2D eigenvalue weighted by molar-refractivity contribution is 5.15. The monoisotopic (exact) mass is 207 g/mol. The lowest BCUT2D eigenvalue weighted by Gasteiger charge is -2.36. The lowest BCUT2D eigenvalue weighted by molar-refractivity contribution is 0.237. The Bertz CT molecular complexity index is 418. The number of nitrogens with zero attached hydrogens (tertiary/aromatic N) is 1. The molecule has 1 saturated carbocycles. The fourth-order valence-electron chi connectivity index (χ4n) is 1.80. The van der Waals surface area contributed by atoms with Gasteiger partial charge in [0.1, 0.15) is 5.82 Å². The van der Waals surface area contributed by atoms with Gasteiger partial charge in [-0.15, -0.1) is 0 Å². The summed E-state index contributed by atoms with van der Waals surface area (Å²) in [6, 6.07) is 1.55. The minimum absolute atomic E-state index is 0.0968. The van der Waals surface area contributed by atoms with Gasteiger partial charge in [-0.1, -0.05) is 13.8 Å². The Kier molecular flexibility index (Phi) is 2.38. The van der Waals surface area contributed by atoms with Gasteiger partial charge in [0.2, 0.25) is 0 Å². The van der Waals surface area contributed by atoms with E-state index in [1.807, 2.05) is 13.8 Å². The molecular weight excluding hydrogens is 190 g/mol. The predicted molar refractivity (Wildman–Crippen MR) is 58.7 cm³/mol. The number of aromatic nitrogens is 2. The molecule has 1 fully saturated rings. The molecule has 4 heteroatoms. The zero-order chi connectivity index (χ0) is 11.1. The molecule has 0 aromatic carbocycles. The van der Waals surface area contributed by atoms with Crippen molar-refractivity contribution >= 4 is 0 Å². The molecule has 0 aliphatic heterocycles. The van der Waals surface area contributed by atoms with Crippen LogP contribution in [0.3, 0.4) is 0 Å². The maximum absolute atomic E-state index is 11.5. The Morgan fingerprint density at radius 3 is 2.67 bits per heavy atom. The van der Waals surface area contributed by atoms with Crippen LogP contribution in [0.1, 0.15) is 50.5 Å². The Hall–Kier alpha value is -1.16. The first-order valence-electron chi connectivity index (χ1n) is 5.42. The summed E-state index contributed by atoms with van der Waals surface area (Å²) in [4.78, 5) is 18.7. The largest absolute Gasteiger partial charge is 0.319 e. The van der Waals surface area contributed by atoms with E-state index in [2.05, 4.69) is 9.97 Å². The van der Waals surface area contributed by atoms with Gasteiger partial charge in [0.25, 0.3) is 5.56 Å². The van der Waals surface area contributed by atoms with Crippen molar-refractivity contribution in [1.29, 1.82) is 0 Å². The van der Waals surface area contributed by atoms with Crippen molar-refractivity contribution in [1.82, 2.24) is 9.97 Å². The smallest absolute Gasteiger partial charge is 0.251 e. The second kappa shape index (κ2) is 3.45. The predicted octanol–water partition coefficient (Wildman–Crippen LogP) is 1.23. The summed E-state index contributed by atoms with van der Waals surface area (Å²) in [6.45, 7) is 4.05. The molecule has 0 unspecified atom stereocenters. The summed E-state index contributed by atoms with van der Waals surface area (Å²) in [5, 5.41) is 0. The van der Waals surface area contributed by atoms with Crippen molar-refractivity contribution in [2.75, 3.05) is 0 Å². The Labute approximate surface area is 88.9 Å². The quantitative estimate of drug-likeness (QED) is 0.766. The average Bonchev–Trinajstić information content (AvgIpc) is 2.13. The van der Waals surface area contributed by atoms with Gasteiger partial charge in [-0.2, -0.15) is 0 Å². The van der Waals surface area contributed by atoms with Gasteiger partial charge in [-0.05, 0) is 25.2 Å². The lowest BCUT2D eigenvalue weighted by atomic mass is 9.77. The van der Waals surface area contributed by atoms with E-state index in [4.69, 9.17) is 5.73 Å². The van der Waals surface area contributed by atoms with Gasteiger partial charge >= 0.3 is 0 Å². The molecule has 2 rings (SSSR count). The van der Waals surface area contributed by atoms with Crippen molar-refractivity contribution in [2.24, 2.45) is 5.73 Å². The molecule has 3 N–H and O–H groups in total. The zero-order valence-electron chi connectivity index (χ0n) is 9.21. The van der Waals surface area contributed by atoms with Gasteiger partial charge in [0.15, 0.2) is 0 Å². The fourth-order valence-corrected chi connectivity index (χ4v) is 1.80. The lowest BCUT2D eigenvalue weighted by Crippen LogP contribution is -2.46. The number of nitrogens with two attached hydrogens (primary N) is 1. The summed E-state index contributed by atoms with van der Waals surface area (Å²) in [5.41, 5.74) is 6.47. The first-order chi connectivity index (χ1) is 7.01. The van der Waals surface area contributed by atoms with Crippen LogP contribution in [-0.4, -0.2) is 9.97 Å². The molecule has 1 aliphatic carbocycles. The molecular formula is C11H17N3O. The van der Waals surface area contributed by atoms with Crippen LogP contribution in [0.4, 0.5) is 0 Å². The number of hydrogen-bond acceptors (Lipinski definition) is 3. The van der Waals surface area contributed by atoms with Gasteiger partial charge in [-0.25, -0.2) is 4.98 Å². The SMILES string of the molecule is CC(C)c1cc(=O)[nH]c(C2(N)CCC2)n1. The molecule has 4 nitrogen and oxygen atoms in total. The molecule has 1 heterocycles. The van der Waals surface area contributed by atoms with Crippen molar-refractivity contribution in [3.63, 3.8) is 0 Å². The number of nitrogens with one attached hydrogen (secondary N) is 1. The van der Waals surface area contributed by atoms with E-state index in [1.54, 1.807) is 6.07 Å². The van der Waals surface area contributed by atoms with E-state index in [-0.39, 0.29) is 17.0 Å². The second-order valence-electron chi connectivity index (χ2n) is 4.68. The number of hydrogen-bond donors (Lipinski definition) is 2. The van der Waals surface area contributed by atoms with Gasteiger partial charge in [0.05, 0.1) is 11.2 Å². The van der Waals surface area contributed by atoms with Crippen molar-refractivity contribution in [3.05, 3.63) is 27.9 Å². The summed E-state index contributed by atoms with van der Waals surface area (Å²) in [7, 11) is 0. The average molecular weight is 207 g/mol. The highest BCUT2D eigenvalue weighted by atomic mass is 16.1. The summed E-state index contributed by atoms with van der Waals surface area (Å²) >= 11 is 0. The first-order valence-corrected chi connectivity index (χ1v) is 5.42. The molecule has 1 aliphatic rings. The van der Waals surface area contributed by atoms with E-state index in [9.17, 15) is 4.79 Å². The Morgan fingerprint density at radius 2 is 2.20 bits per heavy atom. The first kappa shape index (κ1) is 10.4. The third-order valence-electron chi connectivity index (χ3n) is 3.07. The third kappa shape index (κ3) is 1.81. The fraction of sp³-hybridized carbons (Fsp3) is 0.636. The Morgan fingerprint density at radius 1 is 1.53 bits per heavy atom. The van der Waals surface area contributed by atoms with Crippen LogP contribution in [0.5, 0.6) is 0 Å². The summed E-state index contributed by atoms with van der Waals surface area (Å²) in [5.74, 6) is 0.916. The highest BCUT2D eigenvalue weighted by Crippen LogP contribution is 2.36. The molecule has 0 atom stereocenters. The number of aromatic amines is 1. The molecule has 0 amide bonds. The molecule has 1 aromatic rings. The van der Waals surface area contributed by atoms with Crippen LogP contribution in [0.2, 0.25) is 0 Å². The van der Waals surface area contributed by atoms with Crippen LogP contribution >= 0.6 is 0 Å². The zero-order valence-corrected chi connectivity index (χ0v) is 9.21. The van der Waals surface area contributed by atoms with Crippen molar-refractivity contribution < 1.29 is 0 Å². The normalized spacial score (nSPS) is 18.9. The van der Waals surface area contributed by atoms with E-state index >= 15 is 0 Å². The van der Waals surface area contributed by atoms with Crippen LogP contribution in [-0.2, 0) is 5.54 Å². The minimum Gasteiger partial charge on any atom is -0.319 e. The molecule has 15 heavy (non-hydrogen) atoms. The van der Waals surface area contributed by atoms with E-state index in [0.29, 0.717) is 5.82 Å². The molecule has 1 aromatic heterocycles. The van der Waals surface area contributed by atoms with E-state index in [0.717, 1.165) is 25.0 Å². The highest BCUT2D eigenvalue weighted by Gasteiger charge is 2.37. The summed E-state index contributed by atoms with van der Waals surface area (Å²) in [6.07, 6.45) is 2.95. The summed E-state index contributed by atoms with van der Waals surface area (Å²) < 4.78 is 0. The van der Waals surface area contributed by atoms with Crippen LogP contribution in [0, 0.1) is 0 Å². The van der Waals surface area contributed by atoms with E-state index in [1.165, 1.54) is 0 Å². The van der Waals surface area contributed by atoms with E-state index < -0.39 is 0 Å². The van der Waals surface area contributed by atoms with Crippen LogP contribution in [0.15, 0.2) is 10.9 Å². The van der Waals surface area contributed by atoms with Gasteiger partial charge in [0, 0.05) is 6.07 Å². The van der Waals surface area contributed by atoms with Crippen molar-refractivity contribution in [3.8, 4) is 0 Å². The number of H-pyrrole nitrogens is 1. The van der Waals surface area contributed by atoms with Crippen LogP contribution < -0.4 is 11.3 Å². The van der Waals surface area contributed by atoms with Gasteiger partial charge < -0.3 is 10.7 Å². The maximum Gasteiger partial charge on any atom is 0.251 e. The maximum atomic E-state index is 11.5. The third-order valence-corrected chi connectivity index (χ3v) is 3.07. The van der Waals surface area contributed by atoms with Crippen LogP contribution in [0.25, 0.3) is 0 Å². The molecule has 82 valence electrons. The molecule has 0 spiro atoms. The second-order valence-corrected chi connectivity index (χ2v) is 4.68.